The minimum atomic E-state index is -0.176. The van der Waals surface area contributed by atoms with Gasteiger partial charge in [0.2, 0.25) is 5.91 Å². The highest BCUT2D eigenvalue weighted by atomic mass is 19.1. The molecular formula is C25H35FN4O2. The quantitative estimate of drug-likeness (QED) is 0.646. The molecule has 1 aromatic carbocycles. The standard InChI is InChI=1S/C25H35FN4O2/c1-2-11-30-24-10-14-32-18-22(24)23(28-30)6-7-25(31)27-16-19-8-12-29(13-9-19)17-20-4-3-5-21(26)15-20/h3-5,15,19H,2,6-14,16-18H2,1H3,(H,27,31). The van der Waals surface area contributed by atoms with Gasteiger partial charge in [-0.3, -0.25) is 14.4 Å². The number of hydrogen-bond donors (Lipinski definition) is 1. The van der Waals surface area contributed by atoms with Crippen LogP contribution in [0.25, 0.3) is 0 Å². The van der Waals surface area contributed by atoms with Gasteiger partial charge < -0.3 is 10.1 Å². The van der Waals surface area contributed by atoms with E-state index < -0.39 is 0 Å². The first-order chi connectivity index (χ1) is 15.6. The molecule has 7 heteroatoms. The number of aryl methyl sites for hydroxylation is 2. The zero-order chi connectivity index (χ0) is 22.3. The summed E-state index contributed by atoms with van der Waals surface area (Å²) in [5, 5.41) is 7.91. The van der Waals surface area contributed by atoms with E-state index in [-0.39, 0.29) is 11.7 Å². The van der Waals surface area contributed by atoms with Gasteiger partial charge in [0, 0.05) is 50.2 Å². The van der Waals surface area contributed by atoms with Crippen molar-refractivity contribution in [2.45, 2.75) is 65.1 Å². The SMILES string of the molecule is CCCn1nc(CCC(=O)NCC2CCN(Cc3cccc(F)c3)CC2)c2c1CCOC2. The Bertz CT molecular complexity index is 905. The van der Waals surface area contributed by atoms with Gasteiger partial charge >= 0.3 is 0 Å². The maximum absolute atomic E-state index is 13.4. The maximum atomic E-state index is 13.4. The van der Waals surface area contributed by atoms with Gasteiger partial charge in [0.15, 0.2) is 0 Å². The first-order valence-corrected chi connectivity index (χ1v) is 12.0. The third kappa shape index (κ3) is 5.95. The van der Waals surface area contributed by atoms with E-state index in [2.05, 4.69) is 21.8 Å². The van der Waals surface area contributed by atoms with E-state index in [9.17, 15) is 9.18 Å². The fourth-order valence-electron chi connectivity index (χ4n) is 4.80. The van der Waals surface area contributed by atoms with Crippen molar-refractivity contribution in [1.82, 2.24) is 20.0 Å². The van der Waals surface area contributed by atoms with Crippen LogP contribution in [0.5, 0.6) is 0 Å². The number of halogens is 1. The molecule has 0 saturated carbocycles. The van der Waals surface area contributed by atoms with Crippen LogP contribution in [0.15, 0.2) is 24.3 Å². The van der Waals surface area contributed by atoms with Crippen LogP contribution >= 0.6 is 0 Å². The summed E-state index contributed by atoms with van der Waals surface area (Å²) < 4.78 is 21.1. The predicted molar refractivity (Wildman–Crippen MR) is 122 cm³/mol. The van der Waals surface area contributed by atoms with Gasteiger partial charge in [0.05, 0.1) is 18.9 Å². The molecule has 0 radical (unpaired) electrons. The predicted octanol–water partition coefficient (Wildman–Crippen LogP) is 3.47. The lowest BCUT2D eigenvalue weighted by molar-refractivity contribution is -0.121. The van der Waals surface area contributed by atoms with Crippen LogP contribution < -0.4 is 5.32 Å². The number of nitrogens with zero attached hydrogens (tertiary/aromatic N) is 3. The highest BCUT2D eigenvalue weighted by Crippen LogP contribution is 2.23. The molecular weight excluding hydrogens is 407 g/mol. The molecule has 2 aliphatic rings. The average molecular weight is 443 g/mol. The number of aromatic nitrogens is 2. The number of piperidine rings is 1. The average Bonchev–Trinajstić information content (AvgIpc) is 3.15. The molecule has 1 fully saturated rings. The molecule has 0 atom stereocenters. The second kappa shape index (κ2) is 11.1. The zero-order valence-electron chi connectivity index (χ0n) is 19.1. The van der Waals surface area contributed by atoms with Gasteiger partial charge in [-0.15, -0.1) is 0 Å². The van der Waals surface area contributed by atoms with Crippen LogP contribution in [-0.2, 0) is 42.1 Å². The Morgan fingerprint density at radius 3 is 2.94 bits per heavy atom. The molecule has 3 heterocycles. The zero-order valence-corrected chi connectivity index (χ0v) is 19.1. The normalized spacial score (nSPS) is 17.3. The molecule has 0 bridgehead atoms. The fraction of sp³-hybridized carbons (Fsp3) is 0.600. The Morgan fingerprint density at radius 2 is 2.16 bits per heavy atom. The molecule has 2 aliphatic heterocycles. The number of carbonyl (C=O) groups is 1. The first kappa shape index (κ1) is 22.9. The van der Waals surface area contributed by atoms with E-state index in [1.54, 1.807) is 12.1 Å². The van der Waals surface area contributed by atoms with Crippen molar-refractivity contribution in [3.63, 3.8) is 0 Å². The smallest absolute Gasteiger partial charge is 0.220 e. The minimum absolute atomic E-state index is 0.0997. The van der Waals surface area contributed by atoms with Gasteiger partial charge in [-0.2, -0.15) is 5.10 Å². The lowest BCUT2D eigenvalue weighted by Crippen LogP contribution is -2.38. The molecule has 1 amide bonds. The van der Waals surface area contributed by atoms with Crippen LogP contribution in [0.1, 0.15) is 55.1 Å². The second-order valence-electron chi connectivity index (χ2n) is 9.05. The summed E-state index contributed by atoms with van der Waals surface area (Å²) >= 11 is 0. The van der Waals surface area contributed by atoms with Gasteiger partial charge in [-0.05, 0) is 56.0 Å². The van der Waals surface area contributed by atoms with E-state index in [0.29, 0.717) is 25.4 Å². The summed E-state index contributed by atoms with van der Waals surface area (Å²) in [4.78, 5) is 14.8. The monoisotopic (exact) mass is 442 g/mol. The van der Waals surface area contributed by atoms with Crippen molar-refractivity contribution < 1.29 is 13.9 Å². The number of rotatable bonds is 9. The van der Waals surface area contributed by atoms with Crippen LogP contribution in [0, 0.1) is 11.7 Å². The molecule has 2 aromatic rings. The number of nitrogens with one attached hydrogen (secondary N) is 1. The van der Waals surface area contributed by atoms with E-state index in [1.807, 2.05) is 6.07 Å². The first-order valence-electron chi connectivity index (χ1n) is 12.0. The van der Waals surface area contributed by atoms with Crippen LogP contribution in [0.2, 0.25) is 0 Å². The Balaban J connectivity index is 1.18. The highest BCUT2D eigenvalue weighted by Gasteiger charge is 2.22. The van der Waals surface area contributed by atoms with E-state index >= 15 is 0 Å². The lowest BCUT2D eigenvalue weighted by Gasteiger charge is -2.32. The molecule has 1 saturated heterocycles. The summed E-state index contributed by atoms with van der Waals surface area (Å²) in [6, 6.07) is 6.84. The van der Waals surface area contributed by atoms with Gasteiger partial charge in [-0.1, -0.05) is 19.1 Å². The molecule has 1 aromatic heterocycles. The number of likely N-dealkylation sites (tertiary alicyclic amines) is 1. The molecule has 174 valence electrons. The topological polar surface area (TPSA) is 59.4 Å². The number of ether oxygens (including phenoxy) is 1. The van der Waals surface area contributed by atoms with Crippen molar-refractivity contribution in [3.8, 4) is 0 Å². The molecule has 0 unspecified atom stereocenters. The number of carbonyl (C=O) groups excluding carboxylic acids is 1. The van der Waals surface area contributed by atoms with E-state index in [1.165, 1.54) is 17.3 Å². The Hall–Kier alpha value is -2.25. The highest BCUT2D eigenvalue weighted by molar-refractivity contribution is 5.76. The molecule has 4 rings (SSSR count). The lowest BCUT2D eigenvalue weighted by atomic mass is 9.96. The molecule has 1 N–H and O–H groups in total. The van der Waals surface area contributed by atoms with Gasteiger partial charge in [-0.25, -0.2) is 4.39 Å². The molecule has 0 spiro atoms. The Labute approximate surface area is 190 Å². The molecule has 32 heavy (non-hydrogen) atoms. The number of amides is 1. The van der Waals surface area contributed by atoms with E-state index in [4.69, 9.17) is 9.84 Å². The maximum Gasteiger partial charge on any atom is 0.220 e. The largest absolute Gasteiger partial charge is 0.376 e. The second-order valence-corrected chi connectivity index (χ2v) is 9.05. The number of fused-ring (bicyclic) bond motifs is 1. The van der Waals surface area contributed by atoms with Crippen molar-refractivity contribution in [1.29, 1.82) is 0 Å². The van der Waals surface area contributed by atoms with Crippen molar-refractivity contribution in [2.75, 3.05) is 26.2 Å². The summed E-state index contributed by atoms with van der Waals surface area (Å²) in [6.07, 6.45) is 5.21. The van der Waals surface area contributed by atoms with Gasteiger partial charge in [0.25, 0.3) is 0 Å². The third-order valence-electron chi connectivity index (χ3n) is 6.59. The number of benzene rings is 1. The molecule has 0 aliphatic carbocycles. The van der Waals surface area contributed by atoms with Crippen molar-refractivity contribution in [3.05, 3.63) is 52.6 Å². The van der Waals surface area contributed by atoms with Crippen LogP contribution in [-0.4, -0.2) is 46.8 Å². The summed E-state index contributed by atoms with van der Waals surface area (Å²) in [5.41, 5.74) is 4.53. The summed E-state index contributed by atoms with van der Waals surface area (Å²) in [5.74, 6) is 0.431. The summed E-state index contributed by atoms with van der Waals surface area (Å²) in [6.45, 7) is 7.94. The van der Waals surface area contributed by atoms with Gasteiger partial charge in [0.1, 0.15) is 5.82 Å². The minimum Gasteiger partial charge on any atom is -0.376 e. The Morgan fingerprint density at radius 1 is 1.31 bits per heavy atom. The number of hydrogen-bond acceptors (Lipinski definition) is 4. The third-order valence-corrected chi connectivity index (χ3v) is 6.59. The molecule has 6 nitrogen and oxygen atoms in total. The van der Waals surface area contributed by atoms with Crippen molar-refractivity contribution in [2.24, 2.45) is 5.92 Å². The Kier molecular flexibility index (Phi) is 7.92. The van der Waals surface area contributed by atoms with Crippen LogP contribution in [0.3, 0.4) is 0 Å². The van der Waals surface area contributed by atoms with E-state index in [0.717, 1.165) is 76.3 Å². The van der Waals surface area contributed by atoms with Crippen LogP contribution in [0.4, 0.5) is 4.39 Å². The fourth-order valence-corrected chi connectivity index (χ4v) is 4.80. The summed E-state index contributed by atoms with van der Waals surface area (Å²) in [7, 11) is 0. The van der Waals surface area contributed by atoms with Crippen molar-refractivity contribution >= 4 is 5.91 Å².